The molecule has 9 heterocycles. The number of rotatable bonds is 44. The number of urea groups is 3. The van der Waals surface area contributed by atoms with Crippen LogP contribution < -0.4 is 41.7 Å². The smallest absolute Gasteiger partial charge is 0.326 e. The number of unbranched alkanes of at least 4 members (excludes halogenated alkanes) is 6. The second-order valence-electron chi connectivity index (χ2n) is 32.9. The van der Waals surface area contributed by atoms with Gasteiger partial charge >= 0.3 is 18.1 Å². The normalized spacial score (nSPS) is 36.3. The molecule has 49 nitrogen and oxygen atoms in total. The van der Waals surface area contributed by atoms with E-state index in [4.69, 9.17) is 60.7 Å². The van der Waals surface area contributed by atoms with E-state index in [9.17, 15) is 118 Å². The number of ether oxygens (including phenoxy) is 9. The van der Waals surface area contributed by atoms with Gasteiger partial charge in [0.2, 0.25) is 35.4 Å². The lowest BCUT2D eigenvalue weighted by Crippen LogP contribution is -2.67. The summed E-state index contributed by atoms with van der Waals surface area (Å²) in [5, 5.41) is 130. The Kier molecular flexibility index (Phi) is 37.6. The van der Waals surface area contributed by atoms with Crippen molar-refractivity contribution in [2.75, 3.05) is 158 Å². The maximum atomic E-state index is 14.7. The number of phosphoric acid groups is 2. The zero-order valence-electron chi connectivity index (χ0n) is 69.6. The average Bonchev–Trinajstić information content (AvgIpc) is 0.778. The van der Waals surface area contributed by atoms with E-state index in [-0.39, 0.29) is 105 Å². The van der Waals surface area contributed by atoms with Gasteiger partial charge in [0.25, 0.3) is 15.6 Å². The van der Waals surface area contributed by atoms with Gasteiger partial charge in [0, 0.05) is 99.5 Å². The van der Waals surface area contributed by atoms with Crippen molar-refractivity contribution >= 4 is 69.2 Å². The molecule has 0 radical (unpaired) electrons. The number of phosphoric ester groups is 2. The summed E-state index contributed by atoms with van der Waals surface area (Å²) >= 11 is 0. The Morgan fingerprint density at radius 2 is 0.675 bits per heavy atom. The summed E-state index contributed by atoms with van der Waals surface area (Å²) in [7, 11) is -11.7. The van der Waals surface area contributed by atoms with E-state index < -0.39 is 280 Å². The SMILES string of the molecule is CC(=O)N[C@H]1[C@H](OCCCCCN2C[C@H](N3CC(C)C(=O)NC3=O)OC(COP(=O)([O-])OC[C@@]3(CO)CN(CCCCCO[C@@H]4O[C@H](CO)[C@H](O)[C@H](O)[C@H]4NC(C)=O)C[C@H](N4CC(C)C(=O)NC4=O)O3)(COP(=O)([O-])OC[C@]3(CO)CN(CCCCCO[C@@H]4O[C@H](CO)[C@H](O)[C@H](O)[C@H]4NC(C)=O)C[C@H](N4CC(C)C(=O)NC4=O)O3)C2)O[C@H](CO)[C@H](O)[C@@H]1O. The fraction of sp³-hybridized carbons (Fsp3) is 0.875. The van der Waals surface area contributed by atoms with Crippen molar-refractivity contribution in [3.8, 4) is 0 Å². The molecule has 704 valence electrons. The highest BCUT2D eigenvalue weighted by atomic mass is 31.2. The summed E-state index contributed by atoms with van der Waals surface area (Å²) < 4.78 is 106. The molecule has 26 atom stereocenters. The summed E-state index contributed by atoms with van der Waals surface area (Å²) in [5.41, 5.74) is -6.42. The molecule has 51 heteroatoms. The van der Waals surface area contributed by atoms with Crippen LogP contribution in [0.25, 0.3) is 0 Å². The molecule has 9 saturated heterocycles. The lowest BCUT2D eigenvalue weighted by Gasteiger charge is -2.51. The highest BCUT2D eigenvalue weighted by Gasteiger charge is 2.54. The third-order valence-electron chi connectivity index (χ3n) is 22.7. The van der Waals surface area contributed by atoms with E-state index in [2.05, 4.69) is 31.9 Å². The third-order valence-corrected chi connectivity index (χ3v) is 24.5. The summed E-state index contributed by atoms with van der Waals surface area (Å²) in [4.78, 5) is 154. The lowest BCUT2D eigenvalue weighted by molar-refractivity contribution is -0.270. The van der Waals surface area contributed by atoms with Crippen LogP contribution >= 0.6 is 15.6 Å². The van der Waals surface area contributed by atoms with Gasteiger partial charge in [0.1, 0.15) is 109 Å². The maximum absolute atomic E-state index is 14.7. The van der Waals surface area contributed by atoms with Crippen molar-refractivity contribution in [3.63, 3.8) is 0 Å². The molecule has 9 aliphatic rings. The van der Waals surface area contributed by atoms with Gasteiger partial charge in [-0.25, -0.2) is 14.4 Å². The van der Waals surface area contributed by atoms with Crippen LogP contribution in [0, 0.1) is 17.8 Å². The Balaban J connectivity index is 0.938. The summed E-state index contributed by atoms with van der Waals surface area (Å²) in [6.45, 7) is -2.09. The van der Waals surface area contributed by atoms with E-state index in [1.165, 1.54) is 37.5 Å². The molecule has 0 aliphatic carbocycles. The minimum atomic E-state index is -5.85. The van der Waals surface area contributed by atoms with Gasteiger partial charge in [-0.3, -0.25) is 83.2 Å². The molecule has 0 saturated carbocycles. The van der Waals surface area contributed by atoms with Crippen LogP contribution in [0.1, 0.15) is 99.3 Å². The number of imide groups is 3. The molecule has 9 aliphatic heterocycles. The van der Waals surface area contributed by atoms with E-state index in [1.54, 1.807) is 28.5 Å². The minimum Gasteiger partial charge on any atom is -0.756 e. The van der Waals surface area contributed by atoms with Gasteiger partial charge in [0.15, 0.2) is 18.9 Å². The Bertz CT molecular complexity index is 3480. The second kappa shape index (κ2) is 45.7. The highest BCUT2D eigenvalue weighted by molar-refractivity contribution is 7.46. The number of carbonyl (C=O) groups excluding carboxylic acids is 9. The summed E-state index contributed by atoms with van der Waals surface area (Å²) in [6, 6.07) is -6.37. The number of nitrogens with zero attached hydrogens (tertiary/aromatic N) is 6. The predicted molar refractivity (Wildman–Crippen MR) is 409 cm³/mol. The van der Waals surface area contributed by atoms with Gasteiger partial charge in [-0.05, 0) is 77.4 Å². The molecule has 0 aromatic heterocycles. The average molecular weight is 1810 g/mol. The summed E-state index contributed by atoms with van der Waals surface area (Å²) in [6.07, 6.45) is -18.1. The number of aliphatic hydroxyl groups excluding tert-OH is 11. The Labute approximate surface area is 709 Å². The van der Waals surface area contributed by atoms with Crippen molar-refractivity contribution in [1.29, 1.82) is 0 Å². The van der Waals surface area contributed by atoms with Crippen molar-refractivity contribution in [1.82, 2.24) is 61.3 Å². The number of aliphatic hydroxyl groups is 11. The molecule has 123 heavy (non-hydrogen) atoms. The standard InChI is InChI=1S/C72H124N12O37P2/c1-40-22-82(67(102)76-61(40)99)49-25-79(16-10-7-13-19-109-64-52(73-43(4)90)58(96)55(93)46(28-85)116-64)31-70(34-88,119-49)36-112-122(105,106)114-38-72(33-81(27-51(121-72)84-24-42(3)63(101)78-69(84)104)18-12-9-15-21-111-66-54(75-45(6)92)60(98)57(95)48(30-87)118-66)39-115-123(107,108)113-37-71(35-89)32-80(26-50(120-71)83-23-41(2)62(100)77-68(83)103)17-11-8-14-20-110-65-53(74-44(5)91)59(97)56(94)47(29-86)117-65/h40-42,46-60,64-66,85-89,93-98H,7-39H2,1-6H3,(H,73,90)(H,74,91)(H,75,92)(H,105,106)(H,107,108)(H,76,99,102)(H,77,100,103)(H,78,101,104)/p-2/t40?,41?,42?,46-,47-,48-,49-,50-,51-,52-,53-,54-,55+,56+,57+,58-,59-,60-,64-,65-,66-,70-,71+,72?/m1/s1. The number of hydrogen-bond donors (Lipinski definition) is 17. The number of amides is 12. The number of morpholine rings is 3. The van der Waals surface area contributed by atoms with Gasteiger partial charge in [-0.2, -0.15) is 0 Å². The van der Waals surface area contributed by atoms with Crippen LogP contribution in [0.15, 0.2) is 0 Å². The van der Waals surface area contributed by atoms with Crippen LogP contribution in [0.5, 0.6) is 0 Å². The first-order chi connectivity index (χ1) is 58.2. The van der Waals surface area contributed by atoms with E-state index in [0.717, 1.165) is 4.90 Å². The van der Waals surface area contributed by atoms with Crippen molar-refractivity contribution in [3.05, 3.63) is 0 Å². The fourth-order valence-electron chi connectivity index (χ4n) is 16.0. The van der Waals surface area contributed by atoms with Gasteiger partial charge in [-0.1, -0.05) is 20.8 Å². The van der Waals surface area contributed by atoms with Crippen LogP contribution in [0.4, 0.5) is 14.4 Å². The Hall–Kier alpha value is -5.47. The Morgan fingerprint density at radius 1 is 0.415 bits per heavy atom. The van der Waals surface area contributed by atoms with Crippen LogP contribution in [0.3, 0.4) is 0 Å². The molecule has 17 N–H and O–H groups in total. The molecular formula is C72H122N12O37P2-2. The first kappa shape index (κ1) is 101. The molecule has 0 bridgehead atoms. The molecule has 12 amide bonds. The van der Waals surface area contributed by atoms with E-state index in [1.807, 2.05) is 0 Å². The second-order valence-corrected chi connectivity index (χ2v) is 35.7. The van der Waals surface area contributed by atoms with Gasteiger partial charge in [-0.15, -0.1) is 0 Å². The maximum Gasteiger partial charge on any atom is 0.326 e. The zero-order chi connectivity index (χ0) is 90.1. The first-order valence-corrected chi connectivity index (χ1v) is 44.1. The number of hydrogen-bond acceptors (Lipinski definition) is 40. The predicted octanol–water partition coefficient (Wildman–Crippen LogP) is -8.88. The van der Waals surface area contributed by atoms with Gasteiger partial charge in [0.05, 0.1) is 77.2 Å². The molecular weight excluding hydrogens is 1690 g/mol. The van der Waals surface area contributed by atoms with Crippen LogP contribution in [-0.2, 0) is 98.6 Å². The summed E-state index contributed by atoms with van der Waals surface area (Å²) in [5.74, 6) is -5.97. The minimum absolute atomic E-state index is 0.0135. The largest absolute Gasteiger partial charge is 0.756 e. The molecule has 0 spiro atoms. The first-order valence-electron chi connectivity index (χ1n) is 41.2. The number of nitrogens with one attached hydrogen (secondary N) is 6. The highest BCUT2D eigenvalue weighted by Crippen LogP contribution is 2.46. The van der Waals surface area contributed by atoms with Crippen LogP contribution in [-0.4, -0.2) is 424 Å². The Morgan fingerprint density at radius 3 is 0.935 bits per heavy atom. The van der Waals surface area contributed by atoms with Crippen molar-refractivity contribution in [2.24, 2.45) is 17.8 Å². The zero-order valence-corrected chi connectivity index (χ0v) is 71.4. The van der Waals surface area contributed by atoms with Crippen LogP contribution in [0.2, 0.25) is 0 Å². The van der Waals surface area contributed by atoms with E-state index in [0.29, 0.717) is 44.9 Å². The molecule has 9 fully saturated rings. The quantitative estimate of drug-likeness (QED) is 0.0199. The monoisotopic (exact) mass is 1810 g/mol. The van der Waals surface area contributed by atoms with E-state index >= 15 is 0 Å². The molecule has 0 aromatic carbocycles. The molecule has 9 rings (SSSR count). The molecule has 0 aromatic rings. The topological polar surface area (TPSA) is 668 Å². The van der Waals surface area contributed by atoms with Crippen molar-refractivity contribution < 1.29 is 179 Å². The van der Waals surface area contributed by atoms with Gasteiger partial charge < -0.3 is 143 Å². The fourth-order valence-corrected chi connectivity index (χ4v) is 17.7. The lowest BCUT2D eigenvalue weighted by atomic mass is 9.97. The third kappa shape index (κ3) is 27.6. The van der Waals surface area contributed by atoms with Crippen molar-refractivity contribution in [2.45, 2.75) is 227 Å². The number of carbonyl (C=O) groups is 9. The molecule has 6 unspecified atom stereocenters.